The Morgan fingerprint density at radius 1 is 1.36 bits per heavy atom. The number of carbonyl (C=O) groups excluding carboxylic acids is 1. The summed E-state index contributed by atoms with van der Waals surface area (Å²) in [6, 6.07) is 7.13. The molecule has 0 fully saturated rings. The maximum Gasteiger partial charge on any atom is 0.229 e. The number of halogens is 1. The van der Waals surface area contributed by atoms with E-state index in [1.807, 2.05) is 0 Å². The van der Waals surface area contributed by atoms with E-state index < -0.39 is 21.6 Å². The van der Waals surface area contributed by atoms with E-state index in [-0.39, 0.29) is 49.5 Å². The number of benzene rings is 1. The summed E-state index contributed by atoms with van der Waals surface area (Å²) in [5.41, 5.74) is 0.677. The normalized spacial score (nSPS) is 11.2. The van der Waals surface area contributed by atoms with Crippen molar-refractivity contribution in [1.29, 1.82) is 0 Å². The molecule has 127 valence electrons. The number of rotatable bonds is 4. The number of sulfonamides is 1. The summed E-state index contributed by atoms with van der Waals surface area (Å²) in [4.78, 5) is 19.7. The van der Waals surface area contributed by atoms with Crippen molar-refractivity contribution in [3.63, 3.8) is 0 Å². The Labute approximate surface area is 169 Å². The van der Waals surface area contributed by atoms with Gasteiger partial charge in [-0.05, 0) is 30.3 Å². The Kier molecular flexibility index (Phi) is 5.76. The minimum atomic E-state index is -3.67. The average molecular weight is 435 g/mol. The summed E-state index contributed by atoms with van der Waals surface area (Å²) in [6.45, 7) is 1.58. The molecule has 0 spiro atoms. The van der Waals surface area contributed by atoms with E-state index in [1.165, 1.54) is 24.5 Å². The number of aryl methyl sites for hydroxylation is 1. The topological polar surface area (TPSA) is 91.9 Å². The summed E-state index contributed by atoms with van der Waals surface area (Å²) in [5.74, 6) is -1.47. The van der Waals surface area contributed by atoms with E-state index in [1.54, 1.807) is 13.0 Å². The molecule has 0 aliphatic heterocycles. The smallest absolute Gasteiger partial charge is 0.229 e. The third-order valence-electron chi connectivity index (χ3n) is 3.51. The molecular formula is C16H13FN3O3SY-. The third kappa shape index (κ3) is 3.96. The van der Waals surface area contributed by atoms with Crippen LogP contribution in [0.25, 0.3) is 11.0 Å². The molecule has 0 aliphatic rings. The monoisotopic (exact) mass is 435 g/mol. The number of H-pyrrole nitrogens is 1. The zero-order chi connectivity index (χ0) is 17.5. The average Bonchev–Trinajstić information content (AvgIpc) is 2.93. The fraction of sp³-hybridized carbons (Fsp3) is 0.125. The van der Waals surface area contributed by atoms with Gasteiger partial charge in [-0.3, -0.25) is 14.5 Å². The standard InChI is InChI=1S/C16H13FN3O3S.Y/c1-9-5-6-12(20-24(2,22)23)14(17)13(9)15(21)11-8-19-16-10(11)4-3-7-18-16;/h4-8,20H,1-2H3,(H,18,19);/q-1;. The first-order valence-corrected chi connectivity index (χ1v) is 8.82. The Balaban J connectivity index is 0.00000225. The molecule has 2 aromatic heterocycles. The number of fused-ring (bicyclic) bond motifs is 1. The van der Waals surface area contributed by atoms with E-state index in [0.717, 1.165) is 6.26 Å². The third-order valence-corrected chi connectivity index (χ3v) is 4.10. The van der Waals surface area contributed by atoms with Crippen LogP contribution in [0.15, 0.2) is 30.6 Å². The van der Waals surface area contributed by atoms with E-state index in [9.17, 15) is 17.6 Å². The van der Waals surface area contributed by atoms with Crippen LogP contribution in [-0.4, -0.2) is 30.4 Å². The van der Waals surface area contributed by atoms with Crippen LogP contribution in [0.2, 0.25) is 0 Å². The molecule has 25 heavy (non-hydrogen) atoms. The van der Waals surface area contributed by atoms with Gasteiger partial charge in [0.05, 0.1) is 23.2 Å². The largest absolute Gasteiger partial charge is 0.362 e. The number of aromatic nitrogens is 2. The van der Waals surface area contributed by atoms with E-state index in [2.05, 4.69) is 20.8 Å². The molecule has 0 aliphatic carbocycles. The van der Waals surface area contributed by atoms with Crippen molar-refractivity contribution in [2.24, 2.45) is 0 Å². The molecule has 0 amide bonds. The molecule has 0 unspecified atom stereocenters. The van der Waals surface area contributed by atoms with Crippen molar-refractivity contribution in [1.82, 2.24) is 9.97 Å². The molecule has 3 aromatic rings. The number of nitrogens with zero attached hydrogens (tertiary/aromatic N) is 1. The van der Waals surface area contributed by atoms with Gasteiger partial charge < -0.3 is 4.98 Å². The van der Waals surface area contributed by atoms with Gasteiger partial charge in [-0.1, -0.05) is 12.3 Å². The zero-order valence-electron chi connectivity index (χ0n) is 13.4. The number of hydrogen-bond acceptors (Lipinski definition) is 4. The van der Waals surface area contributed by atoms with E-state index in [0.29, 0.717) is 16.6 Å². The second kappa shape index (κ2) is 7.31. The van der Waals surface area contributed by atoms with Crippen molar-refractivity contribution < 1.29 is 50.3 Å². The van der Waals surface area contributed by atoms with Crippen LogP contribution in [0.1, 0.15) is 21.5 Å². The minimum absolute atomic E-state index is 0. The zero-order valence-corrected chi connectivity index (χ0v) is 17.1. The second-order valence-electron chi connectivity index (χ2n) is 5.36. The first-order chi connectivity index (χ1) is 11.3. The number of nitrogens with one attached hydrogen (secondary N) is 2. The maximum absolute atomic E-state index is 14.7. The Morgan fingerprint density at radius 2 is 2.08 bits per heavy atom. The van der Waals surface area contributed by atoms with Crippen LogP contribution in [0.3, 0.4) is 0 Å². The molecular weight excluding hydrogens is 422 g/mol. The molecule has 0 saturated heterocycles. The fourth-order valence-corrected chi connectivity index (χ4v) is 3.01. The van der Waals surface area contributed by atoms with Gasteiger partial charge in [0.15, 0.2) is 11.6 Å². The molecule has 0 saturated carbocycles. The van der Waals surface area contributed by atoms with Crippen molar-refractivity contribution in [2.45, 2.75) is 6.92 Å². The van der Waals surface area contributed by atoms with Crippen molar-refractivity contribution in [3.8, 4) is 0 Å². The summed E-state index contributed by atoms with van der Waals surface area (Å²) in [6.07, 6.45) is 3.81. The van der Waals surface area contributed by atoms with Crippen LogP contribution in [0, 0.1) is 18.8 Å². The predicted octanol–water partition coefficient (Wildman–Crippen LogP) is 2.41. The van der Waals surface area contributed by atoms with Crippen LogP contribution >= 0.6 is 0 Å². The van der Waals surface area contributed by atoms with Crippen molar-refractivity contribution in [3.05, 3.63) is 59.2 Å². The molecule has 2 heterocycles. The first-order valence-electron chi connectivity index (χ1n) is 6.92. The first kappa shape index (κ1) is 19.7. The number of pyridine rings is 1. The van der Waals surface area contributed by atoms with Gasteiger partial charge in [0.25, 0.3) is 0 Å². The molecule has 9 heteroatoms. The Bertz CT molecular complexity index is 1060. The van der Waals surface area contributed by atoms with Gasteiger partial charge in [0, 0.05) is 32.7 Å². The van der Waals surface area contributed by atoms with Gasteiger partial charge in [0.1, 0.15) is 0 Å². The second-order valence-corrected chi connectivity index (χ2v) is 7.10. The van der Waals surface area contributed by atoms with Crippen LogP contribution in [-0.2, 0) is 42.7 Å². The predicted molar refractivity (Wildman–Crippen MR) is 88.0 cm³/mol. The minimum Gasteiger partial charge on any atom is -0.362 e. The SMILES string of the molecule is Cc1ccc(NS(C)(=O)=O)c(F)c1C(=O)c1c[nH]c2nc[c-]cc12.[Y]. The van der Waals surface area contributed by atoms with Crippen LogP contribution in [0.4, 0.5) is 10.1 Å². The molecule has 3 rings (SSSR count). The number of aromatic amines is 1. The van der Waals surface area contributed by atoms with Gasteiger partial charge in [-0.2, -0.15) is 0 Å². The molecule has 2 N–H and O–H groups in total. The van der Waals surface area contributed by atoms with Gasteiger partial charge in [-0.25, -0.2) is 24.9 Å². The van der Waals surface area contributed by atoms with E-state index in [4.69, 9.17) is 0 Å². The quantitative estimate of drug-likeness (QED) is 0.487. The van der Waals surface area contributed by atoms with Gasteiger partial charge in [0.2, 0.25) is 10.0 Å². The fourth-order valence-electron chi connectivity index (χ4n) is 2.45. The van der Waals surface area contributed by atoms with Crippen molar-refractivity contribution in [2.75, 3.05) is 11.0 Å². The number of hydrogen-bond donors (Lipinski definition) is 2. The number of carbonyl (C=O) groups is 1. The number of ketones is 1. The van der Waals surface area contributed by atoms with Crippen LogP contribution < -0.4 is 4.72 Å². The Morgan fingerprint density at radius 3 is 2.76 bits per heavy atom. The van der Waals surface area contributed by atoms with Crippen LogP contribution in [0.5, 0.6) is 0 Å². The molecule has 6 nitrogen and oxygen atoms in total. The maximum atomic E-state index is 14.7. The molecule has 1 radical (unpaired) electrons. The summed E-state index contributed by atoms with van der Waals surface area (Å²) < 4.78 is 39.5. The van der Waals surface area contributed by atoms with Gasteiger partial charge in [-0.15, -0.1) is 5.39 Å². The summed E-state index contributed by atoms with van der Waals surface area (Å²) >= 11 is 0. The van der Waals surface area contributed by atoms with Gasteiger partial charge >= 0.3 is 0 Å². The summed E-state index contributed by atoms with van der Waals surface area (Å²) in [5, 5.41) is 0.516. The van der Waals surface area contributed by atoms with Crippen molar-refractivity contribution >= 4 is 32.5 Å². The van der Waals surface area contributed by atoms with E-state index >= 15 is 0 Å². The molecule has 0 atom stereocenters. The molecule has 1 aromatic carbocycles. The number of anilines is 1. The molecule has 0 bridgehead atoms. The Hall–Kier alpha value is -1.64. The summed E-state index contributed by atoms with van der Waals surface area (Å²) in [7, 11) is -3.67.